The third-order valence-electron chi connectivity index (χ3n) is 1.22. The van der Waals surface area contributed by atoms with Gasteiger partial charge in [0.2, 0.25) is 0 Å². The minimum Gasteiger partial charge on any atom is -0.449 e. The van der Waals surface area contributed by atoms with Gasteiger partial charge in [-0.3, -0.25) is 0 Å². The number of hydrogen-bond donors (Lipinski definition) is 2. The summed E-state index contributed by atoms with van der Waals surface area (Å²) >= 11 is 0. The predicted octanol–water partition coefficient (Wildman–Crippen LogP) is 0.581. The number of esters is 1. The van der Waals surface area contributed by atoms with Crippen molar-refractivity contribution in [2.24, 2.45) is 11.7 Å². The fourth-order valence-electron chi connectivity index (χ4n) is 0.766. The average Bonchev–Trinajstić information content (AvgIpc) is 1.84. The molecule has 0 radical (unpaired) electrons. The summed E-state index contributed by atoms with van der Waals surface area (Å²) < 4.78 is 3.87. The van der Waals surface area contributed by atoms with E-state index >= 15 is 0 Å². The van der Waals surface area contributed by atoms with Crippen LogP contribution in [-0.2, 0) is 9.53 Å². The second-order valence-electron chi connectivity index (χ2n) is 2.92. The summed E-state index contributed by atoms with van der Waals surface area (Å²) in [5, 5.41) is 8.07. The minimum atomic E-state index is -1.61. The molecule has 1 atom stereocenters. The van der Waals surface area contributed by atoms with Gasteiger partial charge >= 0.3 is 12.1 Å². The van der Waals surface area contributed by atoms with Gasteiger partial charge in [0.15, 0.2) is 0 Å². The smallest absolute Gasteiger partial charge is 0.449 e. The lowest BCUT2D eigenvalue weighted by atomic mass is 10.1. The van der Waals surface area contributed by atoms with Gasteiger partial charge in [-0.25, -0.2) is 9.59 Å². The maximum absolute atomic E-state index is 10.8. The molecule has 0 amide bonds. The van der Waals surface area contributed by atoms with Crippen molar-refractivity contribution in [3.63, 3.8) is 0 Å². The maximum atomic E-state index is 10.8. The van der Waals surface area contributed by atoms with Crippen LogP contribution < -0.4 is 5.73 Å². The standard InChI is InChI=1S/C7H13NO4/c1-4(2)3-5(8)6(9)12-7(10)11/h4-5H,3,8H2,1-2H3,(H,10,11). The molecule has 0 rings (SSSR count). The molecule has 0 aliphatic rings. The maximum Gasteiger partial charge on any atom is 0.513 e. The monoisotopic (exact) mass is 175 g/mol. The van der Waals surface area contributed by atoms with Crippen LogP contribution in [0.15, 0.2) is 0 Å². The number of nitrogens with two attached hydrogens (primary N) is 1. The van der Waals surface area contributed by atoms with Gasteiger partial charge in [0.25, 0.3) is 0 Å². The Morgan fingerprint density at radius 2 is 2.00 bits per heavy atom. The summed E-state index contributed by atoms with van der Waals surface area (Å²) in [6.45, 7) is 3.77. The first kappa shape index (κ1) is 10.9. The summed E-state index contributed by atoms with van der Waals surface area (Å²) in [5.74, 6) is -0.655. The van der Waals surface area contributed by atoms with E-state index in [1.807, 2.05) is 13.8 Å². The number of hydrogen-bond acceptors (Lipinski definition) is 4. The zero-order valence-electron chi connectivity index (χ0n) is 7.11. The first-order chi connectivity index (χ1) is 5.43. The highest BCUT2D eigenvalue weighted by molar-refractivity contribution is 5.84. The van der Waals surface area contributed by atoms with E-state index in [0.717, 1.165) is 0 Å². The van der Waals surface area contributed by atoms with Crippen LogP contribution in [-0.4, -0.2) is 23.3 Å². The Hall–Kier alpha value is -1.10. The quantitative estimate of drug-likeness (QED) is 0.483. The minimum absolute atomic E-state index is 0.237. The summed E-state index contributed by atoms with van der Waals surface area (Å²) in [6, 6.07) is -0.846. The van der Waals surface area contributed by atoms with Gasteiger partial charge in [-0.2, -0.15) is 0 Å². The molecule has 0 saturated heterocycles. The fraction of sp³-hybridized carbons (Fsp3) is 0.714. The lowest BCUT2D eigenvalue weighted by Crippen LogP contribution is -2.34. The average molecular weight is 175 g/mol. The van der Waals surface area contributed by atoms with Crippen molar-refractivity contribution in [1.29, 1.82) is 0 Å². The van der Waals surface area contributed by atoms with Crippen LogP contribution >= 0.6 is 0 Å². The second kappa shape index (κ2) is 4.71. The molecule has 0 aliphatic carbocycles. The van der Waals surface area contributed by atoms with Crippen LogP contribution in [0.2, 0.25) is 0 Å². The van der Waals surface area contributed by atoms with Gasteiger partial charge in [0.1, 0.15) is 6.04 Å². The van der Waals surface area contributed by atoms with Gasteiger partial charge in [-0.15, -0.1) is 0 Å². The first-order valence-corrected chi connectivity index (χ1v) is 3.63. The lowest BCUT2D eigenvalue weighted by Gasteiger charge is -2.10. The second-order valence-corrected chi connectivity index (χ2v) is 2.92. The molecule has 0 bridgehead atoms. The zero-order valence-corrected chi connectivity index (χ0v) is 7.11. The van der Waals surface area contributed by atoms with E-state index < -0.39 is 18.2 Å². The number of carbonyl (C=O) groups is 2. The van der Waals surface area contributed by atoms with E-state index in [4.69, 9.17) is 10.8 Å². The van der Waals surface area contributed by atoms with E-state index in [2.05, 4.69) is 4.74 Å². The highest BCUT2D eigenvalue weighted by Gasteiger charge is 2.18. The summed E-state index contributed by atoms with van der Waals surface area (Å²) in [6.07, 6.45) is -1.19. The molecule has 0 fully saturated rings. The van der Waals surface area contributed by atoms with Crippen LogP contribution in [0, 0.1) is 5.92 Å². The molecule has 0 aromatic heterocycles. The molecule has 0 spiro atoms. The molecule has 0 aromatic carbocycles. The van der Waals surface area contributed by atoms with Gasteiger partial charge in [-0.1, -0.05) is 13.8 Å². The summed E-state index contributed by atoms with van der Waals surface area (Å²) in [5.41, 5.74) is 5.33. The molecule has 0 heterocycles. The lowest BCUT2D eigenvalue weighted by molar-refractivity contribution is -0.140. The number of rotatable bonds is 3. The SMILES string of the molecule is CC(C)CC(N)C(=O)OC(=O)O. The van der Waals surface area contributed by atoms with E-state index in [-0.39, 0.29) is 5.92 Å². The van der Waals surface area contributed by atoms with Crippen molar-refractivity contribution in [3.05, 3.63) is 0 Å². The largest absolute Gasteiger partial charge is 0.513 e. The molecule has 70 valence electrons. The van der Waals surface area contributed by atoms with Crippen LogP contribution in [0.5, 0.6) is 0 Å². The molecular formula is C7H13NO4. The molecule has 12 heavy (non-hydrogen) atoms. The Balaban J connectivity index is 3.85. The van der Waals surface area contributed by atoms with Crippen LogP contribution in [0.25, 0.3) is 0 Å². The van der Waals surface area contributed by atoms with Crippen LogP contribution in [0.3, 0.4) is 0 Å². The first-order valence-electron chi connectivity index (χ1n) is 3.63. The van der Waals surface area contributed by atoms with Crippen LogP contribution in [0.4, 0.5) is 4.79 Å². The van der Waals surface area contributed by atoms with Crippen molar-refractivity contribution < 1.29 is 19.4 Å². The van der Waals surface area contributed by atoms with Crippen molar-refractivity contribution in [3.8, 4) is 0 Å². The molecule has 0 aromatic rings. The van der Waals surface area contributed by atoms with Gasteiger partial charge in [0, 0.05) is 0 Å². The van der Waals surface area contributed by atoms with Gasteiger partial charge < -0.3 is 15.6 Å². The molecule has 5 nitrogen and oxygen atoms in total. The van der Waals surface area contributed by atoms with E-state index in [1.165, 1.54) is 0 Å². The third-order valence-corrected chi connectivity index (χ3v) is 1.22. The number of carbonyl (C=O) groups excluding carboxylic acids is 1. The third kappa shape index (κ3) is 4.68. The topological polar surface area (TPSA) is 89.6 Å². The van der Waals surface area contributed by atoms with Crippen molar-refractivity contribution in [2.75, 3.05) is 0 Å². The van der Waals surface area contributed by atoms with Gasteiger partial charge in [-0.05, 0) is 12.3 Å². The van der Waals surface area contributed by atoms with Crippen molar-refractivity contribution in [1.82, 2.24) is 0 Å². The number of carboxylic acid groups (broad SMARTS) is 1. The van der Waals surface area contributed by atoms with E-state index in [9.17, 15) is 9.59 Å². The normalized spacial score (nSPS) is 12.7. The molecule has 0 saturated carbocycles. The van der Waals surface area contributed by atoms with Crippen LogP contribution in [0.1, 0.15) is 20.3 Å². The molecule has 0 aliphatic heterocycles. The molecule has 5 heteroatoms. The highest BCUT2D eigenvalue weighted by Crippen LogP contribution is 2.03. The number of ether oxygens (including phenoxy) is 1. The zero-order chi connectivity index (χ0) is 9.72. The fourth-order valence-corrected chi connectivity index (χ4v) is 0.766. The Morgan fingerprint density at radius 1 is 1.50 bits per heavy atom. The molecule has 3 N–H and O–H groups in total. The Bertz CT molecular complexity index is 178. The van der Waals surface area contributed by atoms with Crippen molar-refractivity contribution >= 4 is 12.1 Å². The highest BCUT2D eigenvalue weighted by atomic mass is 16.7. The molecule has 1 unspecified atom stereocenters. The summed E-state index contributed by atoms with van der Waals surface area (Å²) in [4.78, 5) is 20.7. The summed E-state index contributed by atoms with van der Waals surface area (Å²) in [7, 11) is 0. The molecular weight excluding hydrogens is 162 g/mol. The van der Waals surface area contributed by atoms with Crippen molar-refractivity contribution in [2.45, 2.75) is 26.3 Å². The van der Waals surface area contributed by atoms with E-state index in [0.29, 0.717) is 6.42 Å². The Kier molecular flexibility index (Phi) is 4.28. The van der Waals surface area contributed by atoms with Gasteiger partial charge in [0.05, 0.1) is 0 Å². The Labute approximate surface area is 70.5 Å². The van der Waals surface area contributed by atoms with E-state index in [1.54, 1.807) is 0 Å². The Morgan fingerprint density at radius 3 is 2.33 bits per heavy atom. The predicted molar refractivity (Wildman–Crippen MR) is 41.5 cm³/mol.